The van der Waals surface area contributed by atoms with E-state index in [-0.39, 0.29) is 12.1 Å². The van der Waals surface area contributed by atoms with Gasteiger partial charge in [0, 0.05) is 24.1 Å². The minimum absolute atomic E-state index is 0.0394. The first-order valence-electron chi connectivity index (χ1n) is 10.1. The smallest absolute Gasteiger partial charge is 0.312 e. The molecule has 1 aliphatic heterocycles. The Kier molecular flexibility index (Phi) is 4.97. The van der Waals surface area contributed by atoms with E-state index in [1.807, 2.05) is 22.6 Å². The number of carbonyl (C=O) groups is 1. The van der Waals surface area contributed by atoms with E-state index in [9.17, 15) is 14.7 Å². The Labute approximate surface area is 185 Å². The molecule has 1 saturated heterocycles. The zero-order valence-corrected chi connectivity index (χ0v) is 18.2. The topological polar surface area (TPSA) is 92.7 Å². The van der Waals surface area contributed by atoms with Gasteiger partial charge in [0.2, 0.25) is 11.7 Å². The van der Waals surface area contributed by atoms with Crippen LogP contribution in [0.15, 0.2) is 57.8 Å². The first kappa shape index (κ1) is 19.7. The number of rotatable bonds is 5. The number of benzene rings is 2. The summed E-state index contributed by atoms with van der Waals surface area (Å²) in [7, 11) is 0. The van der Waals surface area contributed by atoms with E-state index >= 15 is 0 Å². The SMILES string of the molecule is O=C(O)C(Cn1c(=O)c2cc(Br)ccc2n2c(N3CCCC3)nnc12)c1ccccc1. The zero-order chi connectivity index (χ0) is 21.5. The molecule has 0 amide bonds. The average Bonchev–Trinajstić information content (AvgIpc) is 3.44. The van der Waals surface area contributed by atoms with Gasteiger partial charge in [0.15, 0.2) is 0 Å². The summed E-state index contributed by atoms with van der Waals surface area (Å²) in [6.07, 6.45) is 2.15. The highest BCUT2D eigenvalue weighted by molar-refractivity contribution is 9.10. The van der Waals surface area contributed by atoms with Gasteiger partial charge in [0.25, 0.3) is 5.56 Å². The zero-order valence-electron chi connectivity index (χ0n) is 16.6. The van der Waals surface area contributed by atoms with E-state index in [1.54, 1.807) is 30.3 Å². The second kappa shape index (κ2) is 7.81. The van der Waals surface area contributed by atoms with E-state index in [0.717, 1.165) is 30.4 Å². The number of nitrogens with zero attached hydrogens (tertiary/aromatic N) is 5. The Morgan fingerprint density at radius 3 is 2.55 bits per heavy atom. The van der Waals surface area contributed by atoms with Crippen LogP contribution in [0.5, 0.6) is 0 Å². The molecule has 2 aromatic heterocycles. The first-order chi connectivity index (χ1) is 15.0. The Hall–Kier alpha value is -3.20. The third-order valence-corrected chi connectivity index (χ3v) is 6.29. The van der Waals surface area contributed by atoms with Gasteiger partial charge in [-0.2, -0.15) is 0 Å². The van der Waals surface area contributed by atoms with Crippen LogP contribution in [0.4, 0.5) is 5.95 Å². The van der Waals surface area contributed by atoms with Crippen molar-refractivity contribution in [3.63, 3.8) is 0 Å². The molecule has 4 aromatic rings. The van der Waals surface area contributed by atoms with Crippen LogP contribution in [0.2, 0.25) is 0 Å². The number of hydrogen-bond acceptors (Lipinski definition) is 5. The molecule has 0 spiro atoms. The molecule has 0 aliphatic carbocycles. The molecule has 1 unspecified atom stereocenters. The molecule has 5 rings (SSSR count). The van der Waals surface area contributed by atoms with E-state index in [4.69, 9.17) is 0 Å². The summed E-state index contributed by atoms with van der Waals surface area (Å²) >= 11 is 3.45. The minimum Gasteiger partial charge on any atom is -0.481 e. The molecule has 0 saturated carbocycles. The Morgan fingerprint density at radius 2 is 1.84 bits per heavy atom. The van der Waals surface area contributed by atoms with E-state index in [1.165, 1.54) is 4.57 Å². The summed E-state index contributed by atoms with van der Waals surface area (Å²) in [5, 5.41) is 19.1. The lowest BCUT2D eigenvalue weighted by Gasteiger charge is -2.19. The van der Waals surface area contributed by atoms with Crippen LogP contribution in [0.1, 0.15) is 24.3 Å². The second-order valence-electron chi connectivity index (χ2n) is 7.71. The Balaban J connectivity index is 1.76. The maximum atomic E-state index is 13.5. The molecule has 1 fully saturated rings. The monoisotopic (exact) mass is 481 g/mol. The molecule has 158 valence electrons. The van der Waals surface area contributed by atoms with Crippen molar-refractivity contribution in [1.82, 2.24) is 19.2 Å². The van der Waals surface area contributed by atoms with Gasteiger partial charge in [0.1, 0.15) is 0 Å². The van der Waals surface area contributed by atoms with Crippen molar-refractivity contribution >= 4 is 44.5 Å². The number of carboxylic acids is 1. The predicted octanol–water partition coefficient (Wildman–Crippen LogP) is 3.28. The van der Waals surface area contributed by atoms with Crippen LogP contribution in [0, 0.1) is 0 Å². The van der Waals surface area contributed by atoms with Gasteiger partial charge < -0.3 is 10.0 Å². The number of aromatic nitrogens is 4. The quantitative estimate of drug-likeness (QED) is 0.470. The van der Waals surface area contributed by atoms with Gasteiger partial charge in [-0.15, -0.1) is 10.2 Å². The van der Waals surface area contributed by atoms with Crippen molar-refractivity contribution in [3.8, 4) is 0 Å². The molecular formula is C22H20BrN5O3. The predicted molar refractivity (Wildman–Crippen MR) is 121 cm³/mol. The van der Waals surface area contributed by atoms with E-state index < -0.39 is 11.9 Å². The summed E-state index contributed by atoms with van der Waals surface area (Å²) in [5.74, 6) is -0.854. The Morgan fingerprint density at radius 1 is 1.10 bits per heavy atom. The van der Waals surface area contributed by atoms with Crippen molar-refractivity contribution in [3.05, 3.63) is 68.9 Å². The van der Waals surface area contributed by atoms with Crippen molar-refractivity contribution < 1.29 is 9.90 Å². The summed E-state index contributed by atoms with van der Waals surface area (Å²) in [5.41, 5.74) is 1.05. The molecule has 9 heteroatoms. The largest absolute Gasteiger partial charge is 0.481 e. The molecule has 2 aromatic carbocycles. The molecule has 3 heterocycles. The fourth-order valence-corrected chi connectivity index (χ4v) is 4.61. The van der Waals surface area contributed by atoms with Crippen molar-refractivity contribution in [2.75, 3.05) is 18.0 Å². The van der Waals surface area contributed by atoms with Crippen molar-refractivity contribution in [1.29, 1.82) is 0 Å². The standard InChI is InChI=1S/C22H20BrN5O3/c23-15-8-9-18-16(12-15)19(29)27(13-17(20(30)31)14-6-2-1-3-7-14)22-25-24-21(28(18)22)26-10-4-5-11-26/h1-3,6-9,12,17H,4-5,10-11,13H2,(H,30,31). The number of hydrogen-bond donors (Lipinski definition) is 1. The van der Waals surface area contributed by atoms with Crippen molar-refractivity contribution in [2.24, 2.45) is 0 Å². The molecular weight excluding hydrogens is 462 g/mol. The average molecular weight is 482 g/mol. The molecule has 1 N–H and O–H groups in total. The number of halogens is 1. The fourth-order valence-electron chi connectivity index (χ4n) is 4.25. The molecule has 0 bridgehead atoms. The lowest BCUT2D eigenvalue weighted by atomic mass is 9.99. The highest BCUT2D eigenvalue weighted by Gasteiger charge is 2.26. The van der Waals surface area contributed by atoms with Gasteiger partial charge in [-0.1, -0.05) is 46.3 Å². The minimum atomic E-state index is -0.995. The second-order valence-corrected chi connectivity index (χ2v) is 8.62. The van der Waals surface area contributed by atoms with Crippen molar-refractivity contribution in [2.45, 2.75) is 25.3 Å². The van der Waals surface area contributed by atoms with Crippen LogP contribution in [0.25, 0.3) is 16.7 Å². The molecule has 1 atom stereocenters. The van der Waals surface area contributed by atoms with Gasteiger partial charge in [0.05, 0.1) is 16.8 Å². The summed E-state index contributed by atoms with van der Waals surface area (Å²) in [4.78, 5) is 27.7. The maximum Gasteiger partial charge on any atom is 0.312 e. The van der Waals surface area contributed by atoms with Gasteiger partial charge in [-0.3, -0.25) is 14.2 Å². The number of anilines is 1. The van der Waals surface area contributed by atoms with E-state index in [0.29, 0.717) is 28.2 Å². The van der Waals surface area contributed by atoms with Gasteiger partial charge >= 0.3 is 5.97 Å². The summed E-state index contributed by atoms with van der Waals surface area (Å²) in [6.45, 7) is 1.71. The van der Waals surface area contributed by atoms with Crippen LogP contribution >= 0.6 is 15.9 Å². The molecule has 31 heavy (non-hydrogen) atoms. The highest BCUT2D eigenvalue weighted by atomic mass is 79.9. The summed E-state index contributed by atoms with van der Waals surface area (Å²) in [6, 6.07) is 14.5. The summed E-state index contributed by atoms with van der Waals surface area (Å²) < 4.78 is 4.09. The number of carboxylic acid groups (broad SMARTS) is 1. The number of aliphatic carboxylic acids is 1. The van der Waals surface area contributed by atoms with Gasteiger partial charge in [-0.05, 0) is 36.6 Å². The molecule has 8 nitrogen and oxygen atoms in total. The lowest BCUT2D eigenvalue weighted by Crippen LogP contribution is -2.29. The van der Waals surface area contributed by atoms with E-state index in [2.05, 4.69) is 31.0 Å². The third kappa shape index (κ3) is 3.38. The van der Waals surface area contributed by atoms with Crippen LogP contribution < -0.4 is 10.5 Å². The third-order valence-electron chi connectivity index (χ3n) is 5.80. The van der Waals surface area contributed by atoms with Gasteiger partial charge in [-0.25, -0.2) is 4.40 Å². The maximum absolute atomic E-state index is 13.5. The van der Waals surface area contributed by atoms with Crippen LogP contribution in [-0.2, 0) is 11.3 Å². The molecule has 0 radical (unpaired) electrons. The normalized spacial score (nSPS) is 15.1. The highest BCUT2D eigenvalue weighted by Crippen LogP contribution is 2.26. The van der Waals surface area contributed by atoms with Crippen LogP contribution in [-0.4, -0.2) is 43.3 Å². The Bertz CT molecular complexity index is 1340. The lowest BCUT2D eigenvalue weighted by molar-refractivity contribution is -0.139. The number of fused-ring (bicyclic) bond motifs is 3. The fraction of sp³-hybridized carbons (Fsp3) is 0.273. The first-order valence-corrected chi connectivity index (χ1v) is 10.9. The molecule has 1 aliphatic rings. The van der Waals surface area contributed by atoms with Crippen LogP contribution in [0.3, 0.4) is 0 Å².